The van der Waals surface area contributed by atoms with E-state index < -0.39 is 21.0 Å². The highest BCUT2D eigenvalue weighted by Gasteiger charge is 2.25. The smallest absolute Gasteiger partial charge is 0.268 e. The number of rotatable bonds is 6. The van der Waals surface area contributed by atoms with Crippen LogP contribution >= 0.6 is 27.5 Å². The van der Waals surface area contributed by atoms with Crippen LogP contribution in [0.5, 0.6) is 0 Å². The molecule has 11 heteroatoms. The Labute approximate surface area is 176 Å². The molecule has 1 N–H and O–H groups in total. The van der Waals surface area contributed by atoms with Crippen LogP contribution in [0.4, 0.5) is 10.8 Å². The fraction of sp³-hybridized carbons (Fsp3) is 0.294. The first-order valence-electron chi connectivity index (χ1n) is 8.04. The van der Waals surface area contributed by atoms with Gasteiger partial charge in [0.05, 0.1) is 10.9 Å². The van der Waals surface area contributed by atoms with Gasteiger partial charge in [0.25, 0.3) is 11.1 Å². The Kier molecular flexibility index (Phi) is 6.92. The third-order valence-corrected chi connectivity index (χ3v) is 6.95. The molecule has 2 rings (SSSR count). The van der Waals surface area contributed by atoms with Crippen LogP contribution in [0.3, 0.4) is 0 Å². The molecular formula is C17H18BrN5O3S2. The molecule has 0 aliphatic rings. The van der Waals surface area contributed by atoms with E-state index in [1.165, 1.54) is 19.9 Å². The number of anilines is 2. The molecule has 0 fully saturated rings. The maximum absolute atomic E-state index is 12.4. The summed E-state index contributed by atoms with van der Waals surface area (Å²) in [5.41, 5.74) is 1.46. The van der Waals surface area contributed by atoms with E-state index in [0.29, 0.717) is 5.56 Å². The highest BCUT2D eigenvalue weighted by molar-refractivity contribution is 9.10. The summed E-state index contributed by atoms with van der Waals surface area (Å²) in [4.78, 5) is 18.1. The van der Waals surface area contributed by atoms with Crippen LogP contribution in [0, 0.1) is 11.3 Å². The van der Waals surface area contributed by atoms with E-state index in [2.05, 4.69) is 30.6 Å². The van der Waals surface area contributed by atoms with Gasteiger partial charge in [-0.05, 0) is 53.5 Å². The maximum Gasteiger partial charge on any atom is 0.268 e. The molecule has 148 valence electrons. The molecule has 1 aromatic heterocycles. The third kappa shape index (κ3) is 4.95. The summed E-state index contributed by atoms with van der Waals surface area (Å²) >= 11 is 4.20. The molecule has 28 heavy (non-hydrogen) atoms. The fourth-order valence-electron chi connectivity index (χ4n) is 2.04. The van der Waals surface area contributed by atoms with Crippen molar-refractivity contribution in [2.45, 2.75) is 24.3 Å². The normalized spacial score (nSPS) is 12.0. The van der Waals surface area contributed by atoms with Gasteiger partial charge >= 0.3 is 0 Å². The summed E-state index contributed by atoms with van der Waals surface area (Å²) in [5.74, 6) is -0.694. The minimum Gasteiger partial charge on any atom is -0.377 e. The average molecular weight is 484 g/mol. The van der Waals surface area contributed by atoms with Crippen molar-refractivity contribution < 1.29 is 13.2 Å². The lowest BCUT2D eigenvalue weighted by Crippen LogP contribution is -2.16. The summed E-state index contributed by atoms with van der Waals surface area (Å²) in [7, 11) is 0.171. The molecular weight excluding hydrogens is 466 g/mol. The van der Waals surface area contributed by atoms with Gasteiger partial charge in [-0.1, -0.05) is 6.07 Å². The Bertz CT molecular complexity index is 1070. The second-order valence-corrected chi connectivity index (χ2v) is 10.2. The molecule has 0 aliphatic carbocycles. The zero-order valence-electron chi connectivity index (χ0n) is 15.6. The van der Waals surface area contributed by atoms with Gasteiger partial charge in [-0.15, -0.1) is 0 Å². The zero-order chi connectivity index (χ0) is 21.1. The first kappa shape index (κ1) is 22.0. The van der Waals surface area contributed by atoms with Crippen molar-refractivity contribution in [3.8, 4) is 6.07 Å². The van der Waals surface area contributed by atoms with E-state index in [1.54, 1.807) is 12.1 Å². The molecule has 0 radical (unpaired) electrons. The summed E-state index contributed by atoms with van der Waals surface area (Å²) in [6, 6.07) is 7.27. The summed E-state index contributed by atoms with van der Waals surface area (Å²) in [6.07, 6.45) is 1.44. The van der Waals surface area contributed by atoms with E-state index >= 15 is 0 Å². The minimum absolute atomic E-state index is 0.00881. The number of benzene rings is 1. The van der Waals surface area contributed by atoms with Crippen LogP contribution in [-0.4, -0.2) is 43.0 Å². The number of nitriles is 1. The van der Waals surface area contributed by atoms with E-state index in [-0.39, 0.29) is 15.9 Å². The summed E-state index contributed by atoms with van der Waals surface area (Å²) in [6.45, 7) is 3.04. The van der Waals surface area contributed by atoms with Crippen molar-refractivity contribution in [2.24, 2.45) is 0 Å². The largest absolute Gasteiger partial charge is 0.377 e. The van der Waals surface area contributed by atoms with Gasteiger partial charge in [-0.25, -0.2) is 8.42 Å². The molecule has 0 saturated carbocycles. The van der Waals surface area contributed by atoms with Gasteiger partial charge < -0.3 is 4.90 Å². The number of sulfone groups is 1. The van der Waals surface area contributed by atoms with Crippen LogP contribution < -0.4 is 10.2 Å². The number of carbonyl (C=O) groups is 1. The quantitative estimate of drug-likeness (QED) is 0.495. The van der Waals surface area contributed by atoms with Crippen LogP contribution in [0.15, 0.2) is 33.4 Å². The minimum atomic E-state index is -3.63. The number of nitrogens with zero attached hydrogens (tertiary/aromatic N) is 4. The second-order valence-electron chi connectivity index (χ2n) is 6.21. The van der Waals surface area contributed by atoms with Crippen molar-refractivity contribution in [3.05, 3.63) is 33.8 Å². The van der Waals surface area contributed by atoms with Crippen LogP contribution in [-0.2, 0) is 14.6 Å². The van der Waals surface area contributed by atoms with Gasteiger partial charge in [0.2, 0.25) is 15.0 Å². The van der Waals surface area contributed by atoms with Crippen LogP contribution in [0.1, 0.15) is 19.4 Å². The highest BCUT2D eigenvalue weighted by atomic mass is 79.9. The molecule has 0 aliphatic heterocycles. The second kappa shape index (κ2) is 8.81. The molecule has 0 spiro atoms. The van der Waals surface area contributed by atoms with Crippen molar-refractivity contribution in [1.29, 1.82) is 5.26 Å². The van der Waals surface area contributed by atoms with E-state index in [4.69, 9.17) is 0 Å². The Morgan fingerprint density at radius 1 is 1.39 bits per heavy atom. The lowest BCUT2D eigenvalue weighted by Gasteiger charge is -2.14. The first-order chi connectivity index (χ1) is 13.1. The van der Waals surface area contributed by atoms with Crippen molar-refractivity contribution in [1.82, 2.24) is 9.36 Å². The van der Waals surface area contributed by atoms with Crippen LogP contribution in [0.2, 0.25) is 0 Å². The SMILES string of the molecule is CC(C)S(=O)(=O)c1nsc(NC(=O)/C(C#N)=C\c2ccc(N(C)C)c(Br)c2)n1. The summed E-state index contributed by atoms with van der Waals surface area (Å²) < 4.78 is 28.7. The van der Waals surface area contributed by atoms with Crippen molar-refractivity contribution >= 4 is 60.1 Å². The molecule has 2 aromatic rings. The first-order valence-corrected chi connectivity index (χ1v) is 11.1. The highest BCUT2D eigenvalue weighted by Crippen LogP contribution is 2.27. The van der Waals surface area contributed by atoms with Gasteiger partial charge in [-0.2, -0.15) is 14.6 Å². The fourth-order valence-corrected chi connectivity index (χ4v) is 4.49. The molecule has 8 nitrogen and oxygen atoms in total. The lowest BCUT2D eigenvalue weighted by molar-refractivity contribution is -0.112. The number of hydrogen-bond donors (Lipinski definition) is 1. The monoisotopic (exact) mass is 483 g/mol. The predicted octanol–water partition coefficient (Wildman–Crippen LogP) is 3.09. The Morgan fingerprint density at radius 2 is 2.07 bits per heavy atom. The van der Waals surface area contributed by atoms with E-state index in [9.17, 15) is 18.5 Å². The Balaban J connectivity index is 2.23. The number of halogens is 1. The third-order valence-electron chi connectivity index (χ3n) is 3.63. The Morgan fingerprint density at radius 3 is 2.61 bits per heavy atom. The van der Waals surface area contributed by atoms with Gasteiger partial charge in [0.15, 0.2) is 0 Å². The predicted molar refractivity (Wildman–Crippen MR) is 113 cm³/mol. The average Bonchev–Trinajstić information content (AvgIpc) is 3.08. The topological polar surface area (TPSA) is 116 Å². The standard InChI is InChI=1S/C17H18BrN5O3S2/c1-10(2)28(25,26)17-21-16(27-22-17)20-15(24)12(9-19)7-11-5-6-14(23(3)4)13(18)8-11/h5-8,10H,1-4H3,(H,20,21,22,24)/b12-7-. The molecule has 0 bridgehead atoms. The number of hydrogen-bond acceptors (Lipinski definition) is 8. The molecule has 0 unspecified atom stereocenters. The van der Waals surface area contributed by atoms with Gasteiger partial charge in [0.1, 0.15) is 11.6 Å². The zero-order valence-corrected chi connectivity index (χ0v) is 18.8. The number of nitrogens with one attached hydrogen (secondary N) is 1. The molecule has 0 atom stereocenters. The molecule has 0 saturated heterocycles. The van der Waals surface area contributed by atoms with Crippen molar-refractivity contribution in [3.63, 3.8) is 0 Å². The van der Waals surface area contributed by atoms with E-state index in [1.807, 2.05) is 31.1 Å². The van der Waals surface area contributed by atoms with Gasteiger partial charge in [-0.3, -0.25) is 10.1 Å². The Hall–Kier alpha value is -2.29. The molecule has 1 aromatic carbocycles. The van der Waals surface area contributed by atoms with Gasteiger partial charge in [0, 0.05) is 30.1 Å². The van der Waals surface area contributed by atoms with Crippen LogP contribution in [0.25, 0.3) is 6.08 Å². The van der Waals surface area contributed by atoms with Crippen molar-refractivity contribution in [2.75, 3.05) is 24.3 Å². The van der Waals surface area contributed by atoms with E-state index in [0.717, 1.165) is 21.7 Å². The maximum atomic E-state index is 12.4. The summed E-state index contributed by atoms with van der Waals surface area (Å²) in [5, 5.41) is 10.7. The number of aromatic nitrogens is 2. The number of carbonyl (C=O) groups excluding carboxylic acids is 1. The molecule has 1 heterocycles. The number of amides is 1. The lowest BCUT2D eigenvalue weighted by atomic mass is 10.1. The molecule has 1 amide bonds.